The number of alkyl carbamates (subject to hydrolysis) is 1. The van der Waals surface area contributed by atoms with Gasteiger partial charge in [0.05, 0.1) is 13.2 Å². The second kappa shape index (κ2) is 11.6. The van der Waals surface area contributed by atoms with Gasteiger partial charge in [-0.15, -0.1) is 0 Å². The number of nitrogens with one attached hydrogen (secondary N) is 3. The maximum atomic E-state index is 12.5. The number of ether oxygens (including phenoxy) is 2. The van der Waals surface area contributed by atoms with Crippen LogP contribution < -0.4 is 16.0 Å². The van der Waals surface area contributed by atoms with Crippen LogP contribution in [-0.2, 0) is 28.7 Å². The number of carbonyl (C=O) groups is 5. The predicted octanol–water partition coefficient (Wildman–Crippen LogP) is 0.774. The molecule has 3 amide bonds. The standard InChI is InChI=1S/C24H25N3O8/c1-2-34-23(32)21(22(31)26-11-19(28)25-12-20(29)30)27-24(33)35-13-18-16-9-5-3-7-14(16)15-8-4-6-10-17(15)18/h3-10,18,21H,2,11-13H2,1H3,(H,25,28)(H,26,31)(H,27,33)(H,29,30). The van der Waals surface area contributed by atoms with E-state index in [2.05, 4.69) is 16.0 Å². The molecule has 0 heterocycles. The monoisotopic (exact) mass is 483 g/mol. The van der Waals surface area contributed by atoms with Gasteiger partial charge in [0.15, 0.2) is 0 Å². The number of esters is 1. The van der Waals surface area contributed by atoms with Crippen LogP contribution in [-0.4, -0.2) is 67.3 Å². The Labute approximate surface area is 200 Å². The lowest BCUT2D eigenvalue weighted by Gasteiger charge is -2.18. The number of fused-ring (bicyclic) bond motifs is 3. The Balaban J connectivity index is 1.62. The average molecular weight is 483 g/mol. The number of amides is 3. The van der Waals surface area contributed by atoms with E-state index in [1.165, 1.54) is 6.92 Å². The van der Waals surface area contributed by atoms with E-state index < -0.39 is 49.0 Å². The van der Waals surface area contributed by atoms with Crippen LogP contribution in [0.5, 0.6) is 0 Å². The fourth-order valence-corrected chi connectivity index (χ4v) is 3.72. The van der Waals surface area contributed by atoms with Crippen molar-refractivity contribution in [3.05, 3.63) is 59.7 Å². The molecule has 0 aromatic heterocycles. The van der Waals surface area contributed by atoms with Crippen LogP contribution in [0.1, 0.15) is 24.0 Å². The number of hydrogen-bond acceptors (Lipinski definition) is 7. The highest BCUT2D eigenvalue weighted by atomic mass is 16.6. The SMILES string of the molecule is CCOC(=O)C(NC(=O)OCC1c2ccccc2-c2ccccc21)C(=O)NCC(=O)NCC(=O)O. The predicted molar refractivity (Wildman–Crippen MR) is 122 cm³/mol. The highest BCUT2D eigenvalue weighted by Gasteiger charge is 2.32. The van der Waals surface area contributed by atoms with E-state index in [1.54, 1.807) is 0 Å². The van der Waals surface area contributed by atoms with Gasteiger partial charge in [-0.1, -0.05) is 48.5 Å². The van der Waals surface area contributed by atoms with E-state index >= 15 is 0 Å². The molecule has 1 atom stereocenters. The third-order valence-corrected chi connectivity index (χ3v) is 5.25. The molecule has 3 rings (SSSR count). The van der Waals surface area contributed by atoms with Gasteiger partial charge in [-0.25, -0.2) is 9.59 Å². The lowest BCUT2D eigenvalue weighted by molar-refractivity contribution is -0.149. The molecule has 11 nitrogen and oxygen atoms in total. The molecule has 11 heteroatoms. The van der Waals surface area contributed by atoms with Crippen molar-refractivity contribution in [3.63, 3.8) is 0 Å². The van der Waals surface area contributed by atoms with Gasteiger partial charge in [0.1, 0.15) is 13.2 Å². The van der Waals surface area contributed by atoms with Crippen LogP contribution in [0.25, 0.3) is 11.1 Å². The fourth-order valence-electron chi connectivity index (χ4n) is 3.72. The molecule has 0 spiro atoms. The van der Waals surface area contributed by atoms with Gasteiger partial charge in [-0.3, -0.25) is 19.7 Å². The van der Waals surface area contributed by atoms with Crippen molar-refractivity contribution in [3.8, 4) is 11.1 Å². The molecule has 4 N–H and O–H groups in total. The molecule has 0 fully saturated rings. The molecule has 184 valence electrons. The first-order chi connectivity index (χ1) is 16.8. The van der Waals surface area contributed by atoms with Crippen molar-refractivity contribution < 1.29 is 38.6 Å². The molecular formula is C24H25N3O8. The van der Waals surface area contributed by atoms with Crippen molar-refractivity contribution >= 4 is 29.8 Å². The molecular weight excluding hydrogens is 458 g/mol. The Morgan fingerprint density at radius 1 is 0.886 bits per heavy atom. The van der Waals surface area contributed by atoms with Crippen molar-refractivity contribution in [2.45, 2.75) is 18.9 Å². The minimum absolute atomic E-state index is 0.0331. The van der Waals surface area contributed by atoms with E-state index in [1.807, 2.05) is 48.5 Å². The zero-order valence-electron chi connectivity index (χ0n) is 18.9. The Bertz CT molecular complexity index is 1090. The van der Waals surface area contributed by atoms with Gasteiger partial charge >= 0.3 is 18.0 Å². The van der Waals surface area contributed by atoms with Gasteiger partial charge in [0.2, 0.25) is 11.9 Å². The molecule has 2 aromatic rings. The molecule has 35 heavy (non-hydrogen) atoms. The lowest BCUT2D eigenvalue weighted by atomic mass is 9.98. The Kier molecular flexibility index (Phi) is 8.38. The molecule has 0 radical (unpaired) electrons. The highest BCUT2D eigenvalue weighted by Crippen LogP contribution is 2.44. The van der Waals surface area contributed by atoms with E-state index in [0.717, 1.165) is 22.3 Å². The summed E-state index contributed by atoms with van der Waals surface area (Å²) in [5, 5.41) is 15.0. The second-order valence-electron chi connectivity index (χ2n) is 7.54. The summed E-state index contributed by atoms with van der Waals surface area (Å²) in [6.07, 6.45) is -1.02. The first-order valence-electron chi connectivity index (χ1n) is 10.9. The van der Waals surface area contributed by atoms with Crippen LogP contribution >= 0.6 is 0 Å². The summed E-state index contributed by atoms with van der Waals surface area (Å²) in [5.74, 6) is -4.32. The van der Waals surface area contributed by atoms with E-state index in [9.17, 15) is 24.0 Å². The normalized spacial score (nSPS) is 12.5. The Morgan fingerprint density at radius 3 is 2.06 bits per heavy atom. The molecule has 0 bridgehead atoms. The van der Waals surface area contributed by atoms with Crippen LogP contribution in [0.4, 0.5) is 4.79 Å². The summed E-state index contributed by atoms with van der Waals surface area (Å²) >= 11 is 0. The number of carboxylic acids is 1. The summed E-state index contributed by atoms with van der Waals surface area (Å²) in [6.45, 7) is 0.213. The number of aliphatic carboxylic acids is 1. The first kappa shape index (κ1) is 25.2. The summed E-state index contributed by atoms with van der Waals surface area (Å²) in [6, 6.07) is 13.8. The number of carboxylic acid groups (broad SMARTS) is 1. The summed E-state index contributed by atoms with van der Waals surface area (Å²) < 4.78 is 10.2. The first-order valence-corrected chi connectivity index (χ1v) is 10.9. The number of carbonyl (C=O) groups excluding carboxylic acids is 4. The smallest absolute Gasteiger partial charge is 0.408 e. The summed E-state index contributed by atoms with van der Waals surface area (Å²) in [5.41, 5.74) is 4.08. The molecule has 0 aliphatic heterocycles. The largest absolute Gasteiger partial charge is 0.480 e. The molecule has 1 aliphatic carbocycles. The third-order valence-electron chi connectivity index (χ3n) is 5.25. The van der Waals surface area contributed by atoms with Crippen molar-refractivity contribution in [1.82, 2.24) is 16.0 Å². The minimum Gasteiger partial charge on any atom is -0.480 e. The van der Waals surface area contributed by atoms with Crippen molar-refractivity contribution in [2.24, 2.45) is 0 Å². The molecule has 0 saturated carbocycles. The third kappa shape index (κ3) is 6.34. The van der Waals surface area contributed by atoms with Crippen LogP contribution in [0, 0.1) is 0 Å². The topological polar surface area (TPSA) is 160 Å². The highest BCUT2D eigenvalue weighted by molar-refractivity contribution is 6.05. The molecule has 1 aliphatic rings. The van der Waals surface area contributed by atoms with E-state index in [0.29, 0.717) is 0 Å². The minimum atomic E-state index is -1.77. The summed E-state index contributed by atoms with van der Waals surface area (Å²) in [4.78, 5) is 59.3. The Hall–Kier alpha value is -4.41. The van der Waals surface area contributed by atoms with E-state index in [-0.39, 0.29) is 19.1 Å². The van der Waals surface area contributed by atoms with Gasteiger partial charge < -0.3 is 25.2 Å². The maximum absolute atomic E-state index is 12.5. The average Bonchev–Trinajstić information content (AvgIpc) is 3.17. The number of rotatable bonds is 10. The zero-order chi connectivity index (χ0) is 25.4. The molecule has 2 aromatic carbocycles. The van der Waals surface area contributed by atoms with Crippen LogP contribution in [0.2, 0.25) is 0 Å². The van der Waals surface area contributed by atoms with Gasteiger partial charge in [-0.2, -0.15) is 0 Å². The maximum Gasteiger partial charge on any atom is 0.408 e. The van der Waals surface area contributed by atoms with Crippen molar-refractivity contribution in [1.29, 1.82) is 0 Å². The van der Waals surface area contributed by atoms with Gasteiger partial charge in [0.25, 0.3) is 5.91 Å². The van der Waals surface area contributed by atoms with Crippen LogP contribution in [0.15, 0.2) is 48.5 Å². The van der Waals surface area contributed by atoms with E-state index in [4.69, 9.17) is 14.6 Å². The second-order valence-corrected chi connectivity index (χ2v) is 7.54. The van der Waals surface area contributed by atoms with Gasteiger partial charge in [0, 0.05) is 5.92 Å². The van der Waals surface area contributed by atoms with Crippen molar-refractivity contribution in [2.75, 3.05) is 26.3 Å². The molecule has 1 unspecified atom stereocenters. The van der Waals surface area contributed by atoms with Crippen LogP contribution in [0.3, 0.4) is 0 Å². The Morgan fingerprint density at radius 2 is 1.49 bits per heavy atom. The quantitative estimate of drug-likeness (QED) is 0.285. The lowest BCUT2D eigenvalue weighted by Crippen LogP contribution is -2.53. The summed E-state index contributed by atoms with van der Waals surface area (Å²) in [7, 11) is 0. The van der Waals surface area contributed by atoms with Gasteiger partial charge in [-0.05, 0) is 29.2 Å². The fraction of sp³-hybridized carbons (Fsp3) is 0.292. The number of benzene rings is 2. The zero-order valence-corrected chi connectivity index (χ0v) is 18.9. The number of hydrogen-bond donors (Lipinski definition) is 4. The molecule has 0 saturated heterocycles.